The van der Waals surface area contributed by atoms with Gasteiger partial charge in [-0.25, -0.2) is 0 Å². The summed E-state index contributed by atoms with van der Waals surface area (Å²) in [5.74, 6) is -0.204. The van der Waals surface area contributed by atoms with Gasteiger partial charge in [0.1, 0.15) is 0 Å². The zero-order chi connectivity index (χ0) is 25.1. The quantitative estimate of drug-likeness (QED) is 0.123. The lowest BCUT2D eigenvalue weighted by Gasteiger charge is -2.39. The van der Waals surface area contributed by atoms with E-state index in [1.807, 2.05) is 13.8 Å². The number of thioether (sulfide) groups is 1. The van der Waals surface area contributed by atoms with Crippen LogP contribution in [0.1, 0.15) is 131 Å². The van der Waals surface area contributed by atoms with Crippen molar-refractivity contribution < 1.29 is 14.4 Å². The van der Waals surface area contributed by atoms with Crippen molar-refractivity contribution in [1.29, 1.82) is 0 Å². The van der Waals surface area contributed by atoms with Gasteiger partial charge >= 0.3 is 0 Å². The fourth-order valence-corrected chi connectivity index (χ4v) is 6.59. The van der Waals surface area contributed by atoms with Crippen LogP contribution in [0.4, 0.5) is 0 Å². The number of likely N-dealkylation sites (tertiary alicyclic amines) is 1. The van der Waals surface area contributed by atoms with Crippen LogP contribution < -0.4 is 0 Å². The predicted octanol–water partition coefficient (Wildman–Crippen LogP) is 6.83. The van der Waals surface area contributed by atoms with Crippen LogP contribution in [0.5, 0.6) is 0 Å². The Hall–Kier alpha value is -0.775. The van der Waals surface area contributed by atoms with Crippen LogP contribution in [0.15, 0.2) is 0 Å². The molecule has 0 spiro atoms. The number of carbonyl (C=O) groups is 3. The lowest BCUT2D eigenvalue weighted by atomic mass is 9.70. The average molecular weight is 478 g/mol. The molecule has 6 heteroatoms. The minimum Gasteiger partial charge on any atom is -0.312 e. The molecule has 2 amide bonds. The summed E-state index contributed by atoms with van der Waals surface area (Å²) in [6, 6.07) is 0. The molecule has 0 aromatic rings. The van der Waals surface area contributed by atoms with Crippen LogP contribution in [0.25, 0.3) is 0 Å². The fraction of sp³-hybridized carbons (Fsp3) is 0.889. The standard InChI is InChI=1S/C27H48BNO3S/c1-7-9-11-13-15-17-21(18-16-14-12-10-8-2)33-22-19-23(30)29(24(22)31)27(5,6)20-26(3,4)25(28)32/h21-22H,7-20H2,1-6H3. The van der Waals surface area contributed by atoms with Gasteiger partial charge in [-0.1, -0.05) is 91.9 Å². The summed E-state index contributed by atoms with van der Waals surface area (Å²) in [5, 5.41) is 0.130. The van der Waals surface area contributed by atoms with Crippen molar-refractivity contribution in [3.63, 3.8) is 0 Å². The van der Waals surface area contributed by atoms with E-state index in [0.29, 0.717) is 11.7 Å². The SMILES string of the molecule is [B]C(=O)C(C)(C)CC(C)(C)N1C(=O)CC(SC(CCCCCCC)CCCCCCC)C1=O. The van der Waals surface area contributed by atoms with E-state index in [0.717, 1.165) is 12.8 Å². The number of rotatable bonds is 18. The Balaban J connectivity index is 2.78. The molecule has 1 aliphatic heterocycles. The summed E-state index contributed by atoms with van der Waals surface area (Å²) >= 11 is 1.73. The van der Waals surface area contributed by atoms with Crippen molar-refractivity contribution in [2.24, 2.45) is 5.41 Å². The number of carbonyl (C=O) groups excluding carboxylic acids is 3. The molecule has 0 N–H and O–H groups in total. The van der Waals surface area contributed by atoms with Crippen molar-refractivity contribution >= 4 is 37.1 Å². The van der Waals surface area contributed by atoms with E-state index in [9.17, 15) is 14.4 Å². The van der Waals surface area contributed by atoms with Crippen molar-refractivity contribution in [3.8, 4) is 0 Å². The minimum absolute atomic E-state index is 0.0859. The summed E-state index contributed by atoms with van der Waals surface area (Å²) in [6.45, 7) is 11.8. The van der Waals surface area contributed by atoms with E-state index in [2.05, 4.69) is 13.8 Å². The Morgan fingerprint density at radius 2 is 1.42 bits per heavy atom. The third-order valence-corrected chi connectivity index (χ3v) is 8.42. The minimum atomic E-state index is -0.783. The molecule has 0 saturated carbocycles. The van der Waals surface area contributed by atoms with Gasteiger partial charge in [-0.05, 0) is 33.1 Å². The van der Waals surface area contributed by atoms with E-state index in [4.69, 9.17) is 7.85 Å². The normalized spacial score (nSPS) is 17.4. The topological polar surface area (TPSA) is 54.5 Å². The Bertz CT molecular complexity index is 621. The third-order valence-electron chi connectivity index (χ3n) is 6.87. The second-order valence-electron chi connectivity index (χ2n) is 11.2. The first-order chi connectivity index (χ1) is 15.5. The lowest BCUT2D eigenvalue weighted by molar-refractivity contribution is -0.146. The van der Waals surface area contributed by atoms with E-state index < -0.39 is 16.6 Å². The highest BCUT2D eigenvalue weighted by molar-refractivity contribution is 8.01. The first kappa shape index (κ1) is 30.3. The van der Waals surface area contributed by atoms with E-state index in [1.165, 1.54) is 69.1 Å². The zero-order valence-corrected chi connectivity index (χ0v) is 23.0. The zero-order valence-electron chi connectivity index (χ0n) is 22.2. The highest BCUT2D eigenvalue weighted by Gasteiger charge is 2.48. The molecule has 4 nitrogen and oxygen atoms in total. The molecule has 0 aliphatic carbocycles. The number of hydrogen-bond donors (Lipinski definition) is 0. The molecular weight excluding hydrogens is 429 g/mol. The highest BCUT2D eigenvalue weighted by atomic mass is 32.2. The van der Waals surface area contributed by atoms with Crippen LogP contribution in [0, 0.1) is 5.41 Å². The molecule has 0 bridgehead atoms. The Morgan fingerprint density at radius 1 is 0.939 bits per heavy atom. The van der Waals surface area contributed by atoms with Gasteiger partial charge in [0.2, 0.25) is 11.8 Å². The fourth-order valence-electron chi connectivity index (χ4n) is 5.06. The van der Waals surface area contributed by atoms with Gasteiger partial charge in [0.15, 0.2) is 7.85 Å². The highest BCUT2D eigenvalue weighted by Crippen LogP contribution is 2.39. The molecule has 1 heterocycles. The van der Waals surface area contributed by atoms with Gasteiger partial charge < -0.3 is 4.79 Å². The summed E-state index contributed by atoms with van der Waals surface area (Å²) in [5.41, 5.74) is -1.93. The number of imide groups is 1. The second kappa shape index (κ2) is 14.6. The maximum absolute atomic E-state index is 13.4. The summed E-state index contributed by atoms with van der Waals surface area (Å²) in [4.78, 5) is 39.5. The smallest absolute Gasteiger partial charge is 0.243 e. The number of hydrogen-bond acceptors (Lipinski definition) is 4. The lowest BCUT2D eigenvalue weighted by Crippen LogP contribution is -2.51. The molecule has 1 saturated heterocycles. The largest absolute Gasteiger partial charge is 0.312 e. The third kappa shape index (κ3) is 10.2. The van der Waals surface area contributed by atoms with Crippen molar-refractivity contribution in [1.82, 2.24) is 4.90 Å². The van der Waals surface area contributed by atoms with Gasteiger partial charge in [0.05, 0.1) is 10.9 Å². The molecule has 0 aromatic carbocycles. The summed E-state index contributed by atoms with van der Waals surface area (Å²) in [7, 11) is 5.56. The van der Waals surface area contributed by atoms with Crippen molar-refractivity contribution in [2.45, 2.75) is 147 Å². The van der Waals surface area contributed by atoms with E-state index in [-0.39, 0.29) is 23.5 Å². The summed E-state index contributed by atoms with van der Waals surface area (Å²) < 4.78 is 0. The summed E-state index contributed by atoms with van der Waals surface area (Å²) in [6.07, 6.45) is 15.4. The molecule has 2 radical (unpaired) electrons. The van der Waals surface area contributed by atoms with Crippen LogP contribution in [-0.4, -0.2) is 46.3 Å². The van der Waals surface area contributed by atoms with E-state index >= 15 is 0 Å². The van der Waals surface area contributed by atoms with Gasteiger partial charge in [-0.15, -0.1) is 11.8 Å². The molecule has 1 aliphatic rings. The maximum atomic E-state index is 13.4. The van der Waals surface area contributed by atoms with Crippen molar-refractivity contribution in [2.75, 3.05) is 0 Å². The Labute approximate surface area is 209 Å². The van der Waals surface area contributed by atoms with E-state index in [1.54, 1.807) is 25.6 Å². The molecule has 1 atom stereocenters. The van der Waals surface area contributed by atoms with Crippen LogP contribution >= 0.6 is 11.8 Å². The van der Waals surface area contributed by atoms with Crippen LogP contribution in [0.2, 0.25) is 0 Å². The molecular formula is C27H48BNO3S. The molecule has 188 valence electrons. The van der Waals surface area contributed by atoms with Gasteiger partial charge in [0, 0.05) is 22.6 Å². The average Bonchev–Trinajstić information content (AvgIpc) is 3.00. The second-order valence-corrected chi connectivity index (χ2v) is 12.7. The molecule has 33 heavy (non-hydrogen) atoms. The van der Waals surface area contributed by atoms with Crippen LogP contribution in [0.3, 0.4) is 0 Å². The maximum Gasteiger partial charge on any atom is 0.243 e. The first-order valence-electron chi connectivity index (χ1n) is 13.3. The number of nitrogens with zero attached hydrogens (tertiary/aromatic N) is 1. The van der Waals surface area contributed by atoms with Gasteiger partial charge in [-0.3, -0.25) is 14.5 Å². The predicted molar refractivity (Wildman–Crippen MR) is 142 cm³/mol. The number of unbranched alkanes of at least 4 members (excludes halogenated alkanes) is 8. The monoisotopic (exact) mass is 477 g/mol. The van der Waals surface area contributed by atoms with Crippen molar-refractivity contribution in [3.05, 3.63) is 0 Å². The first-order valence-corrected chi connectivity index (χ1v) is 14.2. The molecule has 1 unspecified atom stereocenters. The number of amides is 2. The molecule has 1 rings (SSSR count). The Kier molecular flexibility index (Phi) is 13.4. The van der Waals surface area contributed by atoms with Gasteiger partial charge in [0.25, 0.3) is 0 Å². The van der Waals surface area contributed by atoms with Gasteiger partial charge in [-0.2, -0.15) is 0 Å². The Morgan fingerprint density at radius 3 is 1.88 bits per heavy atom. The molecule has 1 fully saturated rings. The molecule has 0 aromatic heterocycles. The van der Waals surface area contributed by atoms with Crippen LogP contribution in [-0.2, 0) is 14.4 Å².